The summed E-state index contributed by atoms with van der Waals surface area (Å²) in [7, 11) is -3.19. The van der Waals surface area contributed by atoms with Crippen molar-refractivity contribution in [2.75, 3.05) is 24.7 Å². The topological polar surface area (TPSA) is 66.5 Å². The zero-order valence-corrected chi connectivity index (χ0v) is 13.1. The highest BCUT2D eigenvalue weighted by molar-refractivity contribution is 9.09. The summed E-state index contributed by atoms with van der Waals surface area (Å²) in [5, 5.41) is 0.915. The molecule has 0 saturated carbocycles. The van der Waals surface area contributed by atoms with Crippen molar-refractivity contribution in [1.82, 2.24) is 9.62 Å². The van der Waals surface area contributed by atoms with Gasteiger partial charge in [-0.3, -0.25) is 4.79 Å². The number of carbonyl (C=O) groups is 1. The normalized spacial score (nSPS) is 21.0. The zero-order valence-electron chi connectivity index (χ0n) is 10.7. The summed E-state index contributed by atoms with van der Waals surface area (Å²) in [6, 6.07) is -0.131. The van der Waals surface area contributed by atoms with E-state index in [1.165, 1.54) is 0 Å². The van der Waals surface area contributed by atoms with E-state index in [0.29, 0.717) is 13.0 Å². The van der Waals surface area contributed by atoms with Crippen molar-refractivity contribution < 1.29 is 13.2 Å². The number of amides is 1. The van der Waals surface area contributed by atoms with Crippen molar-refractivity contribution >= 4 is 31.9 Å². The number of likely N-dealkylation sites (tertiary alicyclic amines) is 1. The maximum Gasteiger partial charge on any atom is 0.222 e. The molecular weight excluding hydrogens is 320 g/mol. The molecule has 1 N–H and O–H groups in total. The van der Waals surface area contributed by atoms with Crippen molar-refractivity contribution in [3.63, 3.8) is 0 Å². The predicted molar refractivity (Wildman–Crippen MR) is 75.2 cm³/mol. The van der Waals surface area contributed by atoms with Crippen LogP contribution in [0, 0.1) is 0 Å². The van der Waals surface area contributed by atoms with Gasteiger partial charge in [0.1, 0.15) is 0 Å². The molecule has 1 aliphatic rings. The maximum absolute atomic E-state index is 11.9. The standard InChI is InChI=1S/C11H21BrN2O3S/c1-18(16,17)13-10-5-4-8-14(9-10)11(15)6-2-3-7-12/h10,13H,2-9H2,1H3. The fraction of sp³-hybridized carbons (Fsp3) is 0.909. The van der Waals surface area contributed by atoms with E-state index in [-0.39, 0.29) is 11.9 Å². The van der Waals surface area contributed by atoms with Crippen LogP contribution in [0.3, 0.4) is 0 Å². The highest BCUT2D eigenvalue weighted by Gasteiger charge is 2.24. The summed E-state index contributed by atoms with van der Waals surface area (Å²) < 4.78 is 24.9. The van der Waals surface area contributed by atoms with Crippen LogP contribution in [-0.4, -0.2) is 49.9 Å². The molecule has 1 heterocycles. The Kier molecular flexibility index (Phi) is 6.59. The predicted octanol–water partition coefficient (Wildman–Crippen LogP) is 1.09. The molecule has 18 heavy (non-hydrogen) atoms. The first-order valence-corrected chi connectivity index (χ1v) is 9.24. The van der Waals surface area contributed by atoms with E-state index in [1.54, 1.807) is 4.90 Å². The van der Waals surface area contributed by atoms with Crippen LogP contribution in [-0.2, 0) is 14.8 Å². The summed E-state index contributed by atoms with van der Waals surface area (Å²) in [6.07, 6.45) is 5.24. The summed E-state index contributed by atoms with van der Waals surface area (Å²) in [5.41, 5.74) is 0. The van der Waals surface area contributed by atoms with E-state index in [9.17, 15) is 13.2 Å². The molecule has 0 bridgehead atoms. The van der Waals surface area contributed by atoms with Crippen LogP contribution in [0.5, 0.6) is 0 Å². The number of hydrogen-bond donors (Lipinski definition) is 1. The van der Waals surface area contributed by atoms with Crippen LogP contribution in [0.4, 0.5) is 0 Å². The van der Waals surface area contributed by atoms with Gasteiger partial charge in [0.15, 0.2) is 0 Å². The third-order valence-electron chi connectivity index (χ3n) is 2.93. The first kappa shape index (κ1) is 15.9. The number of alkyl halides is 1. The fourth-order valence-corrected chi connectivity index (χ4v) is 3.33. The van der Waals surface area contributed by atoms with Crippen LogP contribution >= 0.6 is 15.9 Å². The Labute approximate surface area is 117 Å². The first-order chi connectivity index (χ1) is 8.42. The van der Waals surface area contributed by atoms with Crippen LogP contribution in [0.1, 0.15) is 32.1 Å². The Morgan fingerprint density at radius 1 is 1.44 bits per heavy atom. The van der Waals surface area contributed by atoms with E-state index in [2.05, 4.69) is 20.7 Å². The van der Waals surface area contributed by atoms with Gasteiger partial charge in [-0.1, -0.05) is 15.9 Å². The molecule has 0 aliphatic carbocycles. The molecular formula is C11H21BrN2O3S. The summed E-state index contributed by atoms with van der Waals surface area (Å²) in [4.78, 5) is 13.7. The van der Waals surface area contributed by atoms with Gasteiger partial charge in [0, 0.05) is 30.9 Å². The second-order valence-corrected chi connectivity index (χ2v) is 7.29. The Morgan fingerprint density at radius 2 is 2.17 bits per heavy atom. The molecule has 1 saturated heterocycles. The average Bonchev–Trinajstić information content (AvgIpc) is 2.27. The largest absolute Gasteiger partial charge is 0.341 e. The zero-order chi connectivity index (χ0) is 13.6. The second kappa shape index (κ2) is 7.45. The van der Waals surface area contributed by atoms with Gasteiger partial charge in [-0.2, -0.15) is 0 Å². The number of halogens is 1. The molecule has 1 fully saturated rings. The van der Waals surface area contributed by atoms with Crippen molar-refractivity contribution in [3.8, 4) is 0 Å². The molecule has 106 valence electrons. The van der Waals surface area contributed by atoms with E-state index < -0.39 is 10.0 Å². The van der Waals surface area contributed by atoms with E-state index in [4.69, 9.17) is 0 Å². The maximum atomic E-state index is 11.9. The Hall–Kier alpha value is -0.140. The number of nitrogens with zero attached hydrogens (tertiary/aromatic N) is 1. The molecule has 1 rings (SSSR count). The molecule has 1 atom stereocenters. The molecule has 0 aromatic heterocycles. The molecule has 5 nitrogen and oxygen atoms in total. The summed E-state index contributed by atoms with van der Waals surface area (Å²) >= 11 is 3.34. The van der Waals surface area contributed by atoms with Gasteiger partial charge in [-0.15, -0.1) is 0 Å². The number of rotatable bonds is 6. The lowest BCUT2D eigenvalue weighted by Crippen LogP contribution is -2.49. The molecule has 0 aromatic carbocycles. The highest BCUT2D eigenvalue weighted by atomic mass is 79.9. The minimum absolute atomic E-state index is 0.131. The highest BCUT2D eigenvalue weighted by Crippen LogP contribution is 2.13. The van der Waals surface area contributed by atoms with Crippen LogP contribution in [0.25, 0.3) is 0 Å². The van der Waals surface area contributed by atoms with Gasteiger partial charge in [0.2, 0.25) is 15.9 Å². The van der Waals surface area contributed by atoms with E-state index in [0.717, 1.165) is 43.8 Å². The molecule has 7 heteroatoms. The Morgan fingerprint density at radius 3 is 2.78 bits per heavy atom. The molecule has 0 spiro atoms. The Balaban J connectivity index is 2.40. The number of unbranched alkanes of at least 4 members (excludes halogenated alkanes) is 1. The van der Waals surface area contributed by atoms with E-state index >= 15 is 0 Å². The lowest BCUT2D eigenvalue weighted by atomic mass is 10.1. The molecule has 1 aliphatic heterocycles. The smallest absolute Gasteiger partial charge is 0.222 e. The number of sulfonamides is 1. The van der Waals surface area contributed by atoms with Gasteiger partial charge < -0.3 is 4.90 Å². The fourth-order valence-electron chi connectivity index (χ4n) is 2.13. The van der Waals surface area contributed by atoms with Gasteiger partial charge in [0.05, 0.1) is 6.26 Å². The number of carbonyl (C=O) groups excluding carboxylic acids is 1. The molecule has 1 amide bonds. The molecule has 1 unspecified atom stereocenters. The van der Waals surface area contributed by atoms with Gasteiger partial charge >= 0.3 is 0 Å². The van der Waals surface area contributed by atoms with Crippen LogP contribution in [0.2, 0.25) is 0 Å². The van der Waals surface area contributed by atoms with Gasteiger partial charge in [0.25, 0.3) is 0 Å². The van der Waals surface area contributed by atoms with Crippen molar-refractivity contribution in [3.05, 3.63) is 0 Å². The third kappa shape index (κ3) is 6.15. The summed E-state index contributed by atoms with van der Waals surface area (Å²) in [5.74, 6) is 0.135. The quantitative estimate of drug-likeness (QED) is 0.581. The minimum atomic E-state index is -3.19. The van der Waals surface area contributed by atoms with Gasteiger partial charge in [-0.25, -0.2) is 13.1 Å². The van der Waals surface area contributed by atoms with E-state index in [1.807, 2.05) is 0 Å². The third-order valence-corrected chi connectivity index (χ3v) is 4.25. The SMILES string of the molecule is CS(=O)(=O)NC1CCCN(C(=O)CCCCBr)C1. The number of hydrogen-bond acceptors (Lipinski definition) is 3. The lowest BCUT2D eigenvalue weighted by molar-refractivity contribution is -0.132. The van der Waals surface area contributed by atoms with Crippen LogP contribution < -0.4 is 4.72 Å². The average molecular weight is 341 g/mol. The number of piperidine rings is 1. The van der Waals surface area contributed by atoms with Crippen LogP contribution in [0.15, 0.2) is 0 Å². The molecule has 0 radical (unpaired) electrons. The molecule has 0 aromatic rings. The van der Waals surface area contributed by atoms with Crippen molar-refractivity contribution in [1.29, 1.82) is 0 Å². The van der Waals surface area contributed by atoms with Crippen molar-refractivity contribution in [2.24, 2.45) is 0 Å². The second-order valence-electron chi connectivity index (χ2n) is 4.72. The summed E-state index contributed by atoms with van der Waals surface area (Å²) in [6.45, 7) is 1.25. The lowest BCUT2D eigenvalue weighted by Gasteiger charge is -2.32. The first-order valence-electron chi connectivity index (χ1n) is 6.23. The monoisotopic (exact) mass is 340 g/mol. The Bertz CT molecular complexity index is 372. The van der Waals surface area contributed by atoms with Crippen molar-refractivity contribution in [2.45, 2.75) is 38.1 Å². The minimum Gasteiger partial charge on any atom is -0.341 e. The number of nitrogens with one attached hydrogen (secondary N) is 1. The van der Waals surface area contributed by atoms with Gasteiger partial charge in [-0.05, 0) is 25.7 Å².